The van der Waals surface area contributed by atoms with Crippen molar-refractivity contribution in [3.05, 3.63) is 63.0 Å². The average Bonchev–Trinajstić information content (AvgIpc) is 2.98. The number of aliphatic hydroxyl groups excluding tert-OH is 1. The lowest BCUT2D eigenvalue weighted by Crippen LogP contribution is -2.30. The van der Waals surface area contributed by atoms with Gasteiger partial charge in [0, 0.05) is 50.5 Å². The third-order valence-electron chi connectivity index (χ3n) is 6.26. The van der Waals surface area contributed by atoms with Gasteiger partial charge in [-0.3, -0.25) is 9.79 Å². The van der Waals surface area contributed by atoms with E-state index in [-0.39, 0.29) is 5.56 Å². The molecule has 1 atom stereocenters. The van der Waals surface area contributed by atoms with Crippen LogP contribution in [0, 0.1) is 0 Å². The highest BCUT2D eigenvalue weighted by atomic mass is 35.5. The molecule has 222 valence electrons. The van der Waals surface area contributed by atoms with Gasteiger partial charge in [-0.25, -0.2) is 0 Å². The summed E-state index contributed by atoms with van der Waals surface area (Å²) in [5.74, 6) is 0.660. The number of carbonyl (C=O) groups excluding carboxylic acids is 1. The van der Waals surface area contributed by atoms with Crippen molar-refractivity contribution in [2.24, 2.45) is 12.0 Å². The van der Waals surface area contributed by atoms with Crippen LogP contribution in [0.2, 0.25) is 5.02 Å². The fourth-order valence-corrected chi connectivity index (χ4v) is 5.01. The van der Waals surface area contributed by atoms with E-state index in [0.717, 1.165) is 24.5 Å². The van der Waals surface area contributed by atoms with Crippen molar-refractivity contribution in [3.8, 4) is 16.9 Å². The molecule has 0 saturated heterocycles. The molecule has 1 aliphatic rings. The summed E-state index contributed by atoms with van der Waals surface area (Å²) in [7, 11) is 4.37. The number of aldehydes is 1. The number of aliphatic hydroxyl groups is 1. The van der Waals surface area contributed by atoms with Crippen LogP contribution in [0.1, 0.15) is 58.9 Å². The molecule has 41 heavy (non-hydrogen) atoms. The zero-order valence-corrected chi connectivity index (χ0v) is 26.2. The third-order valence-corrected chi connectivity index (χ3v) is 6.65. The second-order valence-corrected chi connectivity index (χ2v) is 10.3. The van der Waals surface area contributed by atoms with Crippen LogP contribution in [0.5, 0.6) is 5.75 Å². The number of nitrogens with one attached hydrogen (secondary N) is 1. The molecule has 0 bridgehead atoms. The summed E-state index contributed by atoms with van der Waals surface area (Å²) in [6, 6.07) is 9.42. The van der Waals surface area contributed by atoms with E-state index in [0.29, 0.717) is 57.2 Å². The number of fused-ring (bicyclic) bond motifs is 2. The largest absolute Gasteiger partial charge is 0.490 e. The van der Waals surface area contributed by atoms with Gasteiger partial charge in [0.25, 0.3) is 5.56 Å². The van der Waals surface area contributed by atoms with Crippen molar-refractivity contribution < 1.29 is 19.4 Å². The number of rotatable bonds is 6. The highest BCUT2D eigenvalue weighted by molar-refractivity contribution is 6.37. The summed E-state index contributed by atoms with van der Waals surface area (Å²) >= 11 is 6.97. The average molecular weight is 584 g/mol. The van der Waals surface area contributed by atoms with Gasteiger partial charge in [0.1, 0.15) is 12.4 Å². The summed E-state index contributed by atoms with van der Waals surface area (Å²) in [5, 5.41) is 11.9. The van der Waals surface area contributed by atoms with Crippen LogP contribution < -0.4 is 15.6 Å². The van der Waals surface area contributed by atoms with E-state index in [1.807, 2.05) is 78.0 Å². The van der Waals surface area contributed by atoms with Gasteiger partial charge < -0.3 is 29.3 Å². The fourth-order valence-electron chi connectivity index (χ4n) is 4.69. The molecule has 0 amide bonds. The molecule has 2 aromatic carbocycles. The maximum atomic E-state index is 13.7. The molecule has 2 N–H and O–H groups in total. The van der Waals surface area contributed by atoms with Crippen LogP contribution in [-0.4, -0.2) is 55.1 Å². The van der Waals surface area contributed by atoms with E-state index >= 15 is 0 Å². The predicted octanol–water partition coefficient (Wildman–Crippen LogP) is 6.46. The fraction of sp³-hybridized carbons (Fsp3) is 0.406. The summed E-state index contributed by atoms with van der Waals surface area (Å²) in [6.07, 6.45) is 3.44. The molecule has 9 heteroatoms. The maximum Gasteiger partial charge on any atom is 0.258 e. The topological polar surface area (TPSA) is 102 Å². The first-order valence-electron chi connectivity index (χ1n) is 13.6. The molecule has 3 aromatic rings. The number of halogens is 1. The van der Waals surface area contributed by atoms with Crippen molar-refractivity contribution >= 4 is 46.1 Å². The molecule has 4 rings (SSSR count). The number of allylic oxidation sites excluding steroid dienone is 2. The predicted molar refractivity (Wildman–Crippen MR) is 171 cm³/mol. The zero-order chi connectivity index (χ0) is 30.9. The van der Waals surface area contributed by atoms with Gasteiger partial charge >= 0.3 is 0 Å². The number of aromatic nitrogens is 1. The second kappa shape index (κ2) is 15.0. The molecule has 0 aliphatic carbocycles. The number of ether oxygens (including phenoxy) is 2. The molecule has 1 aromatic heterocycles. The first-order chi connectivity index (χ1) is 19.6. The molecule has 0 saturated carbocycles. The van der Waals surface area contributed by atoms with Gasteiger partial charge in [0.15, 0.2) is 12.4 Å². The SMILES string of the molecule is C/C=C(\C=NC)c1ccc2c(-c3ccc4c(c3Cl)NCCO4)c([C@H](C=O)OC(C)(C)C)n(C)c(=O)c2c1.CC.CO. The van der Waals surface area contributed by atoms with Crippen LogP contribution in [0.25, 0.3) is 27.5 Å². The Bertz CT molecular complexity index is 1490. The highest BCUT2D eigenvalue weighted by Gasteiger charge is 2.29. The van der Waals surface area contributed by atoms with Crippen LogP contribution in [0.3, 0.4) is 0 Å². The van der Waals surface area contributed by atoms with E-state index in [9.17, 15) is 9.59 Å². The highest BCUT2D eigenvalue weighted by Crippen LogP contribution is 2.45. The molecule has 0 unspecified atom stereocenters. The van der Waals surface area contributed by atoms with Crippen molar-refractivity contribution in [2.45, 2.75) is 53.2 Å². The Balaban J connectivity index is 0.00000141. The van der Waals surface area contributed by atoms with Gasteiger partial charge in [-0.05, 0) is 62.4 Å². The minimum atomic E-state index is -0.994. The summed E-state index contributed by atoms with van der Waals surface area (Å²) in [4.78, 5) is 30.3. The Labute approximate surface area is 247 Å². The Morgan fingerprint density at radius 1 is 1.20 bits per heavy atom. The van der Waals surface area contributed by atoms with Gasteiger partial charge in [-0.1, -0.05) is 43.7 Å². The third kappa shape index (κ3) is 7.25. The van der Waals surface area contributed by atoms with Crippen LogP contribution in [0.15, 0.2) is 46.2 Å². The first kappa shape index (κ1) is 33.7. The number of carbonyl (C=O) groups is 1. The molecule has 0 spiro atoms. The minimum Gasteiger partial charge on any atom is -0.490 e. The van der Waals surface area contributed by atoms with Crippen molar-refractivity contribution in [1.29, 1.82) is 0 Å². The smallest absolute Gasteiger partial charge is 0.258 e. The van der Waals surface area contributed by atoms with Crippen molar-refractivity contribution in [1.82, 2.24) is 4.57 Å². The number of pyridine rings is 1. The van der Waals surface area contributed by atoms with Gasteiger partial charge in [-0.2, -0.15) is 0 Å². The molecule has 2 heterocycles. The van der Waals surface area contributed by atoms with Crippen LogP contribution >= 0.6 is 11.6 Å². The Morgan fingerprint density at radius 3 is 2.46 bits per heavy atom. The zero-order valence-electron chi connectivity index (χ0n) is 25.5. The number of nitrogens with zero attached hydrogens (tertiary/aromatic N) is 2. The molecule has 0 fully saturated rings. The summed E-state index contributed by atoms with van der Waals surface area (Å²) in [6.45, 7) is 12.7. The molecule has 0 radical (unpaired) electrons. The summed E-state index contributed by atoms with van der Waals surface area (Å²) < 4.78 is 13.4. The lowest BCUT2D eigenvalue weighted by molar-refractivity contribution is -0.129. The van der Waals surface area contributed by atoms with Crippen molar-refractivity contribution in [3.63, 3.8) is 0 Å². The molecular weight excluding hydrogens is 542 g/mol. The monoisotopic (exact) mass is 583 g/mol. The maximum absolute atomic E-state index is 13.7. The Hall–Kier alpha value is -3.46. The quantitative estimate of drug-likeness (QED) is 0.255. The van der Waals surface area contributed by atoms with Gasteiger partial charge in [0.05, 0.1) is 22.0 Å². The van der Waals surface area contributed by atoms with Gasteiger partial charge in [0.2, 0.25) is 0 Å². The van der Waals surface area contributed by atoms with E-state index in [2.05, 4.69) is 10.3 Å². The number of anilines is 1. The molecule has 1 aliphatic heterocycles. The molecule has 8 nitrogen and oxygen atoms in total. The first-order valence-corrected chi connectivity index (χ1v) is 14.0. The standard InChI is InChI=1S/C29H32ClN3O4.C2H6.CH4O/c1-7-17(15-31-5)18-8-9-19-21(14-18)28(35)33(6)27(23(16-34)37-29(2,3)4)24(19)20-10-11-22-26(25(20)30)32-12-13-36-22;2*1-2/h7-11,14-16,23,32H,12-13H2,1-6H3;1-2H3;2H,1H3/b17-7+,31-15?;;/t23-;;/m0../s1. The minimum absolute atomic E-state index is 0.237. The Morgan fingerprint density at radius 2 is 1.88 bits per heavy atom. The van der Waals surface area contributed by atoms with Crippen molar-refractivity contribution in [2.75, 3.05) is 32.6 Å². The number of benzene rings is 2. The molecular formula is C32H42ClN3O5. The van der Waals surface area contributed by atoms with E-state index in [4.69, 9.17) is 26.2 Å². The second-order valence-electron chi connectivity index (χ2n) is 9.88. The van der Waals surface area contributed by atoms with Crippen LogP contribution in [0.4, 0.5) is 5.69 Å². The summed E-state index contributed by atoms with van der Waals surface area (Å²) in [5.41, 5.74) is 3.35. The van der Waals surface area contributed by atoms with E-state index in [1.54, 1.807) is 20.3 Å². The van der Waals surface area contributed by atoms with Crippen LogP contribution in [-0.2, 0) is 16.6 Å². The normalized spacial score (nSPS) is 13.7. The van der Waals surface area contributed by atoms with E-state index < -0.39 is 11.7 Å². The number of hydrogen-bond donors (Lipinski definition) is 2. The van der Waals surface area contributed by atoms with Gasteiger partial charge in [-0.15, -0.1) is 0 Å². The van der Waals surface area contributed by atoms with E-state index in [1.165, 1.54) is 4.57 Å². The Kier molecular flexibility index (Phi) is 12.3. The lowest BCUT2D eigenvalue weighted by Gasteiger charge is -2.29. The number of aliphatic imine (C=N–C) groups is 1. The number of hydrogen-bond acceptors (Lipinski definition) is 7. The lowest BCUT2D eigenvalue weighted by atomic mass is 9.92.